The van der Waals surface area contributed by atoms with Gasteiger partial charge in [0.1, 0.15) is 0 Å². The molecule has 3 N–H and O–H groups in total. The Bertz CT molecular complexity index is 217. The molecule has 0 aliphatic heterocycles. The van der Waals surface area contributed by atoms with Gasteiger partial charge in [-0.2, -0.15) is 11.8 Å². The van der Waals surface area contributed by atoms with E-state index in [0.717, 1.165) is 25.0 Å². The Morgan fingerprint density at radius 1 is 1.60 bits per heavy atom. The molecule has 3 nitrogen and oxygen atoms in total. The summed E-state index contributed by atoms with van der Waals surface area (Å²) in [6.07, 6.45) is 6.78. The Kier molecular flexibility index (Phi) is 4.93. The zero-order valence-corrected chi connectivity index (χ0v) is 10.5. The van der Waals surface area contributed by atoms with Crippen LogP contribution in [0.5, 0.6) is 0 Å². The third-order valence-corrected chi connectivity index (χ3v) is 3.67. The summed E-state index contributed by atoms with van der Waals surface area (Å²) in [4.78, 5) is 11.6. The van der Waals surface area contributed by atoms with Gasteiger partial charge in [0, 0.05) is 18.0 Å². The molecule has 1 amide bonds. The summed E-state index contributed by atoms with van der Waals surface area (Å²) in [6, 6.07) is 0.272. The molecule has 0 radical (unpaired) electrons. The first kappa shape index (κ1) is 12.8. The summed E-state index contributed by atoms with van der Waals surface area (Å²) in [5.41, 5.74) is 5.82. The van der Waals surface area contributed by atoms with Crippen molar-refractivity contribution >= 4 is 17.7 Å². The average Bonchev–Trinajstić information content (AvgIpc) is 2.12. The Balaban J connectivity index is 2.17. The van der Waals surface area contributed by atoms with E-state index in [1.54, 1.807) is 0 Å². The molecule has 0 aromatic heterocycles. The van der Waals surface area contributed by atoms with Crippen LogP contribution in [0.1, 0.15) is 39.0 Å². The largest absolute Gasteiger partial charge is 0.354 e. The molecule has 0 bridgehead atoms. The summed E-state index contributed by atoms with van der Waals surface area (Å²) in [7, 11) is 0. The topological polar surface area (TPSA) is 55.1 Å². The molecule has 1 aliphatic rings. The molecule has 0 heterocycles. The summed E-state index contributed by atoms with van der Waals surface area (Å²) in [5, 5.41) is 3.01. The molecule has 88 valence electrons. The van der Waals surface area contributed by atoms with Crippen LogP contribution in [0.25, 0.3) is 0 Å². The van der Waals surface area contributed by atoms with Gasteiger partial charge in [-0.3, -0.25) is 4.79 Å². The van der Waals surface area contributed by atoms with Crippen LogP contribution in [0.2, 0.25) is 0 Å². The fourth-order valence-corrected chi connectivity index (χ4v) is 2.41. The van der Waals surface area contributed by atoms with Gasteiger partial charge in [0.05, 0.1) is 0 Å². The van der Waals surface area contributed by atoms with E-state index in [4.69, 9.17) is 5.73 Å². The van der Waals surface area contributed by atoms with Crippen molar-refractivity contribution in [3.05, 3.63) is 0 Å². The minimum atomic E-state index is -0.191. The predicted molar refractivity (Wildman–Crippen MR) is 66.0 cm³/mol. The molecule has 1 aliphatic carbocycles. The standard InChI is InChI=1S/C11H22N2OS/c1-9(4-7-15-2)13-10(14)8-11(12)5-3-6-11/h9H,3-8,12H2,1-2H3,(H,13,14). The summed E-state index contributed by atoms with van der Waals surface area (Å²) < 4.78 is 0. The second-order valence-corrected chi connectivity index (χ2v) is 5.63. The van der Waals surface area contributed by atoms with E-state index in [1.807, 2.05) is 11.8 Å². The molecular formula is C11H22N2OS. The van der Waals surface area contributed by atoms with Gasteiger partial charge in [0.2, 0.25) is 5.91 Å². The van der Waals surface area contributed by atoms with Crippen LogP contribution in [0.4, 0.5) is 0 Å². The second-order valence-electron chi connectivity index (χ2n) is 4.64. The van der Waals surface area contributed by atoms with Crippen molar-refractivity contribution in [2.75, 3.05) is 12.0 Å². The van der Waals surface area contributed by atoms with Crippen molar-refractivity contribution < 1.29 is 4.79 Å². The lowest BCUT2D eigenvalue weighted by Crippen LogP contribution is -2.50. The summed E-state index contributed by atoms with van der Waals surface area (Å²) in [5.74, 6) is 1.21. The van der Waals surface area contributed by atoms with E-state index in [9.17, 15) is 4.79 Å². The monoisotopic (exact) mass is 230 g/mol. The third kappa shape index (κ3) is 4.43. The molecule has 1 saturated carbocycles. The van der Waals surface area contributed by atoms with Gasteiger partial charge < -0.3 is 11.1 Å². The summed E-state index contributed by atoms with van der Waals surface area (Å²) >= 11 is 1.81. The molecule has 1 atom stereocenters. The van der Waals surface area contributed by atoms with Crippen LogP contribution >= 0.6 is 11.8 Å². The van der Waals surface area contributed by atoms with Gasteiger partial charge in [-0.15, -0.1) is 0 Å². The molecule has 4 heteroatoms. The van der Waals surface area contributed by atoms with Gasteiger partial charge >= 0.3 is 0 Å². The third-order valence-electron chi connectivity index (χ3n) is 3.02. The fraction of sp³-hybridized carbons (Fsp3) is 0.909. The molecule has 1 unspecified atom stereocenters. The lowest BCUT2D eigenvalue weighted by molar-refractivity contribution is -0.123. The number of thioether (sulfide) groups is 1. The quantitative estimate of drug-likeness (QED) is 0.727. The first-order chi connectivity index (χ1) is 7.06. The predicted octanol–water partition coefficient (Wildman–Crippen LogP) is 1.52. The highest BCUT2D eigenvalue weighted by Gasteiger charge is 2.34. The normalized spacial score (nSPS) is 20.5. The smallest absolute Gasteiger partial charge is 0.222 e. The zero-order chi connectivity index (χ0) is 11.3. The first-order valence-electron chi connectivity index (χ1n) is 5.63. The van der Waals surface area contributed by atoms with Crippen LogP contribution in [0, 0.1) is 0 Å². The highest BCUT2D eigenvalue weighted by molar-refractivity contribution is 7.98. The second kappa shape index (κ2) is 5.75. The number of hydrogen-bond donors (Lipinski definition) is 2. The average molecular weight is 230 g/mol. The van der Waals surface area contributed by atoms with E-state index in [1.165, 1.54) is 6.42 Å². The number of nitrogens with two attached hydrogens (primary N) is 1. The SMILES string of the molecule is CSCCC(C)NC(=O)CC1(N)CCC1. The van der Waals surface area contributed by atoms with Crippen LogP contribution in [-0.4, -0.2) is 29.5 Å². The molecule has 0 aromatic carbocycles. The lowest BCUT2D eigenvalue weighted by atomic mass is 9.75. The Hall–Kier alpha value is -0.220. The Labute approximate surface area is 96.6 Å². The minimum Gasteiger partial charge on any atom is -0.354 e. The van der Waals surface area contributed by atoms with Crippen LogP contribution < -0.4 is 11.1 Å². The maximum atomic E-state index is 11.6. The van der Waals surface area contributed by atoms with Crippen LogP contribution in [0.15, 0.2) is 0 Å². The van der Waals surface area contributed by atoms with Crippen molar-refractivity contribution in [1.82, 2.24) is 5.32 Å². The van der Waals surface area contributed by atoms with Crippen molar-refractivity contribution in [3.8, 4) is 0 Å². The van der Waals surface area contributed by atoms with Crippen molar-refractivity contribution in [2.24, 2.45) is 5.73 Å². The highest BCUT2D eigenvalue weighted by atomic mass is 32.2. The summed E-state index contributed by atoms with van der Waals surface area (Å²) in [6.45, 7) is 2.05. The van der Waals surface area contributed by atoms with Crippen LogP contribution in [0.3, 0.4) is 0 Å². The number of nitrogens with one attached hydrogen (secondary N) is 1. The molecule has 0 spiro atoms. The van der Waals surface area contributed by atoms with E-state index >= 15 is 0 Å². The maximum Gasteiger partial charge on any atom is 0.222 e. The van der Waals surface area contributed by atoms with E-state index < -0.39 is 0 Å². The van der Waals surface area contributed by atoms with E-state index in [-0.39, 0.29) is 17.5 Å². The van der Waals surface area contributed by atoms with E-state index in [0.29, 0.717) is 6.42 Å². The minimum absolute atomic E-state index is 0.116. The Morgan fingerprint density at radius 3 is 2.73 bits per heavy atom. The lowest BCUT2D eigenvalue weighted by Gasteiger charge is -2.37. The zero-order valence-electron chi connectivity index (χ0n) is 9.71. The van der Waals surface area contributed by atoms with Crippen molar-refractivity contribution in [3.63, 3.8) is 0 Å². The van der Waals surface area contributed by atoms with E-state index in [2.05, 4.69) is 18.5 Å². The number of carbonyl (C=O) groups excluding carboxylic acids is 1. The number of amides is 1. The van der Waals surface area contributed by atoms with Gasteiger partial charge in [-0.1, -0.05) is 0 Å². The number of hydrogen-bond acceptors (Lipinski definition) is 3. The molecular weight excluding hydrogens is 208 g/mol. The van der Waals surface area contributed by atoms with Gasteiger partial charge in [-0.05, 0) is 44.6 Å². The highest BCUT2D eigenvalue weighted by Crippen LogP contribution is 2.31. The van der Waals surface area contributed by atoms with Gasteiger partial charge in [0.15, 0.2) is 0 Å². The molecule has 15 heavy (non-hydrogen) atoms. The molecule has 0 aromatic rings. The van der Waals surface area contributed by atoms with Gasteiger partial charge in [0.25, 0.3) is 0 Å². The molecule has 1 rings (SSSR count). The first-order valence-corrected chi connectivity index (χ1v) is 7.02. The van der Waals surface area contributed by atoms with Crippen LogP contribution in [-0.2, 0) is 4.79 Å². The van der Waals surface area contributed by atoms with Crippen molar-refractivity contribution in [2.45, 2.75) is 50.6 Å². The number of rotatable bonds is 6. The van der Waals surface area contributed by atoms with Crippen molar-refractivity contribution in [1.29, 1.82) is 0 Å². The van der Waals surface area contributed by atoms with Gasteiger partial charge in [-0.25, -0.2) is 0 Å². The molecule has 0 saturated heterocycles. The molecule has 1 fully saturated rings. The maximum absolute atomic E-state index is 11.6. The fourth-order valence-electron chi connectivity index (χ4n) is 1.82. The number of carbonyl (C=O) groups is 1. The Morgan fingerprint density at radius 2 is 2.27 bits per heavy atom.